The summed E-state index contributed by atoms with van der Waals surface area (Å²) in [5, 5.41) is 0.522. The maximum Gasteiger partial charge on any atom is 0.327 e. The highest BCUT2D eigenvalue weighted by molar-refractivity contribution is 6.31. The van der Waals surface area contributed by atoms with Gasteiger partial charge in [-0.25, -0.2) is 4.79 Å². The van der Waals surface area contributed by atoms with E-state index in [0.717, 1.165) is 38.5 Å². The Bertz CT molecular complexity index is 865. The molecule has 1 saturated carbocycles. The zero-order chi connectivity index (χ0) is 23.4. The fourth-order valence-corrected chi connectivity index (χ4v) is 5.80. The van der Waals surface area contributed by atoms with Gasteiger partial charge >= 0.3 is 5.97 Å². The molecule has 0 aromatic heterocycles. The van der Waals surface area contributed by atoms with Gasteiger partial charge in [0.25, 0.3) is 0 Å². The van der Waals surface area contributed by atoms with Crippen LogP contribution in [0, 0.1) is 5.92 Å². The van der Waals surface area contributed by atoms with Crippen LogP contribution in [-0.4, -0.2) is 78.4 Å². The van der Waals surface area contributed by atoms with Gasteiger partial charge in [-0.3, -0.25) is 14.5 Å². The molecule has 0 radical (unpaired) electrons. The molecule has 2 heterocycles. The summed E-state index contributed by atoms with van der Waals surface area (Å²) in [6.07, 6.45) is 6.94. The first-order valence-electron chi connectivity index (χ1n) is 12.2. The molecule has 0 bridgehead atoms. The van der Waals surface area contributed by atoms with E-state index in [1.165, 1.54) is 13.5 Å². The van der Waals surface area contributed by atoms with Crippen LogP contribution in [0.3, 0.4) is 0 Å². The van der Waals surface area contributed by atoms with Crippen molar-refractivity contribution in [1.82, 2.24) is 14.7 Å². The summed E-state index contributed by atoms with van der Waals surface area (Å²) in [6, 6.07) is 6.36. The molecule has 3 fully saturated rings. The van der Waals surface area contributed by atoms with Crippen LogP contribution in [-0.2, 0) is 19.1 Å². The summed E-state index contributed by atoms with van der Waals surface area (Å²) in [6.45, 7) is 2.79. The van der Waals surface area contributed by atoms with Crippen LogP contribution >= 0.6 is 11.6 Å². The maximum atomic E-state index is 13.4. The molecule has 0 spiro atoms. The second-order valence-electron chi connectivity index (χ2n) is 9.33. The molecule has 7 nitrogen and oxygen atoms in total. The zero-order valence-corrected chi connectivity index (χ0v) is 20.1. The predicted molar refractivity (Wildman–Crippen MR) is 126 cm³/mol. The van der Waals surface area contributed by atoms with Crippen LogP contribution in [0.25, 0.3) is 0 Å². The van der Waals surface area contributed by atoms with Gasteiger partial charge in [0.15, 0.2) is 0 Å². The summed E-state index contributed by atoms with van der Waals surface area (Å²) in [7, 11) is 1.38. The van der Waals surface area contributed by atoms with Gasteiger partial charge in [-0.05, 0) is 37.3 Å². The molecule has 4 rings (SSSR count). The van der Waals surface area contributed by atoms with E-state index in [1.807, 2.05) is 32.9 Å². The highest BCUT2D eigenvalue weighted by atomic mass is 35.5. The van der Waals surface area contributed by atoms with Crippen LogP contribution in [0.1, 0.15) is 56.6 Å². The minimum absolute atomic E-state index is 0.0451. The average Bonchev–Trinajstić information content (AvgIpc) is 3.35. The molecule has 2 atom stereocenters. The monoisotopic (exact) mass is 475 g/mol. The SMILES string of the molecule is COC(=O)C(c1ccccc1Cl)N1CCN(C(=O)C2CCCN2C(=O)C2CCCCC2)CC1. The van der Waals surface area contributed by atoms with E-state index in [9.17, 15) is 14.4 Å². The molecule has 1 aromatic carbocycles. The molecule has 33 heavy (non-hydrogen) atoms. The van der Waals surface area contributed by atoms with Crippen molar-refractivity contribution in [3.63, 3.8) is 0 Å². The number of carbonyl (C=O) groups is 3. The Morgan fingerprint density at radius 2 is 1.61 bits per heavy atom. The fourth-order valence-electron chi connectivity index (χ4n) is 5.56. The topological polar surface area (TPSA) is 70.2 Å². The van der Waals surface area contributed by atoms with Crippen LogP contribution in [0.2, 0.25) is 5.02 Å². The number of hydrogen-bond donors (Lipinski definition) is 0. The molecule has 1 aliphatic carbocycles. The van der Waals surface area contributed by atoms with Gasteiger partial charge in [-0.2, -0.15) is 0 Å². The van der Waals surface area contributed by atoms with E-state index in [4.69, 9.17) is 16.3 Å². The molecule has 180 valence electrons. The minimum Gasteiger partial charge on any atom is -0.468 e. The summed E-state index contributed by atoms with van der Waals surface area (Å²) >= 11 is 6.38. The van der Waals surface area contributed by atoms with Crippen LogP contribution < -0.4 is 0 Å². The third kappa shape index (κ3) is 5.19. The second-order valence-corrected chi connectivity index (χ2v) is 9.74. The summed E-state index contributed by atoms with van der Waals surface area (Å²) in [4.78, 5) is 44.9. The minimum atomic E-state index is -0.600. The van der Waals surface area contributed by atoms with E-state index in [-0.39, 0.29) is 29.7 Å². The number of methoxy groups -OCH3 is 1. The molecule has 0 N–H and O–H groups in total. The number of carbonyl (C=O) groups excluding carboxylic acids is 3. The highest BCUT2D eigenvalue weighted by Gasteiger charge is 2.41. The normalized spacial score (nSPS) is 23.4. The van der Waals surface area contributed by atoms with Gasteiger partial charge in [0.2, 0.25) is 11.8 Å². The molecule has 2 amide bonds. The van der Waals surface area contributed by atoms with Gasteiger partial charge in [-0.1, -0.05) is 49.1 Å². The molecule has 2 aliphatic heterocycles. The number of hydrogen-bond acceptors (Lipinski definition) is 5. The Hall–Kier alpha value is -2.12. The lowest BCUT2D eigenvalue weighted by Crippen LogP contribution is -2.56. The molecule has 8 heteroatoms. The molecular weight excluding hydrogens is 442 g/mol. The van der Waals surface area contributed by atoms with Crippen molar-refractivity contribution >= 4 is 29.4 Å². The van der Waals surface area contributed by atoms with E-state index >= 15 is 0 Å². The first kappa shape index (κ1) is 24.0. The van der Waals surface area contributed by atoms with Crippen molar-refractivity contribution in [3.8, 4) is 0 Å². The zero-order valence-electron chi connectivity index (χ0n) is 19.4. The Labute approximate surface area is 201 Å². The van der Waals surface area contributed by atoms with E-state index in [2.05, 4.69) is 0 Å². The van der Waals surface area contributed by atoms with E-state index < -0.39 is 6.04 Å². The van der Waals surface area contributed by atoms with Gasteiger partial charge in [0.05, 0.1) is 7.11 Å². The molecule has 1 aromatic rings. The van der Waals surface area contributed by atoms with E-state index in [1.54, 1.807) is 6.07 Å². The number of likely N-dealkylation sites (tertiary alicyclic amines) is 1. The molecule has 2 saturated heterocycles. The summed E-state index contributed by atoms with van der Waals surface area (Å²) < 4.78 is 5.06. The standard InChI is InChI=1S/C25H34ClN3O4/c1-33-25(32)22(19-10-5-6-11-20(19)26)27-14-16-28(17-15-27)24(31)21-12-7-13-29(21)23(30)18-8-3-2-4-9-18/h5-6,10-11,18,21-22H,2-4,7-9,12-17H2,1H3. The Balaban J connectivity index is 1.40. The maximum absolute atomic E-state index is 13.4. The van der Waals surface area contributed by atoms with E-state index in [0.29, 0.717) is 43.3 Å². The molecule has 2 unspecified atom stereocenters. The molecular formula is C25H34ClN3O4. The first-order valence-corrected chi connectivity index (χ1v) is 12.5. The second kappa shape index (κ2) is 10.9. The van der Waals surface area contributed by atoms with Crippen molar-refractivity contribution in [2.75, 3.05) is 39.8 Å². The Kier molecular flexibility index (Phi) is 7.91. The van der Waals surface area contributed by atoms with Gasteiger partial charge in [0, 0.05) is 43.7 Å². The molecule has 3 aliphatic rings. The number of ether oxygens (including phenoxy) is 1. The number of esters is 1. The van der Waals surface area contributed by atoms with Crippen LogP contribution in [0.15, 0.2) is 24.3 Å². The first-order chi connectivity index (χ1) is 16.0. The predicted octanol–water partition coefficient (Wildman–Crippen LogP) is 3.27. The third-order valence-electron chi connectivity index (χ3n) is 7.39. The van der Waals surface area contributed by atoms with Crippen LogP contribution in [0.5, 0.6) is 0 Å². The van der Waals surface area contributed by atoms with Gasteiger partial charge < -0.3 is 14.5 Å². The Morgan fingerprint density at radius 1 is 0.909 bits per heavy atom. The van der Waals surface area contributed by atoms with Gasteiger partial charge in [-0.15, -0.1) is 0 Å². The quantitative estimate of drug-likeness (QED) is 0.611. The number of nitrogens with zero attached hydrogens (tertiary/aromatic N) is 3. The number of halogens is 1. The van der Waals surface area contributed by atoms with Crippen LogP contribution in [0.4, 0.5) is 0 Å². The smallest absolute Gasteiger partial charge is 0.327 e. The number of piperazine rings is 1. The van der Waals surface area contributed by atoms with Crippen molar-refractivity contribution in [2.24, 2.45) is 5.92 Å². The fraction of sp³-hybridized carbons (Fsp3) is 0.640. The number of benzene rings is 1. The van der Waals surface area contributed by atoms with Crippen molar-refractivity contribution in [2.45, 2.75) is 57.0 Å². The highest BCUT2D eigenvalue weighted by Crippen LogP contribution is 2.31. The third-order valence-corrected chi connectivity index (χ3v) is 7.73. The average molecular weight is 476 g/mol. The Morgan fingerprint density at radius 3 is 2.27 bits per heavy atom. The number of amides is 2. The van der Waals surface area contributed by atoms with Crippen molar-refractivity contribution < 1.29 is 19.1 Å². The van der Waals surface area contributed by atoms with Crippen molar-refractivity contribution in [1.29, 1.82) is 0 Å². The summed E-state index contributed by atoms with van der Waals surface area (Å²) in [5.74, 6) is -0.0549. The number of rotatable bonds is 5. The van der Waals surface area contributed by atoms with Crippen molar-refractivity contribution in [3.05, 3.63) is 34.9 Å². The lowest BCUT2D eigenvalue weighted by atomic mass is 9.88. The lowest BCUT2D eigenvalue weighted by molar-refractivity contribution is -0.151. The lowest BCUT2D eigenvalue weighted by Gasteiger charge is -2.40. The van der Waals surface area contributed by atoms with Gasteiger partial charge in [0.1, 0.15) is 12.1 Å². The summed E-state index contributed by atoms with van der Waals surface area (Å²) in [5.41, 5.74) is 0.714. The largest absolute Gasteiger partial charge is 0.468 e.